The van der Waals surface area contributed by atoms with E-state index < -0.39 is 23.7 Å². The maximum absolute atomic E-state index is 14.5. The maximum Gasteiger partial charge on any atom is 0.135 e. The molecule has 4 rings (SSSR count). The molecular formula is C20H16ClF2NO2S. The topological polar surface area (TPSA) is 42.4 Å². The molecule has 1 aromatic carbocycles. The third-order valence-electron chi connectivity index (χ3n) is 4.63. The van der Waals surface area contributed by atoms with Crippen molar-refractivity contribution in [3.8, 4) is 0 Å². The largest absolute Gasteiger partial charge is 0.491 e. The van der Waals surface area contributed by atoms with Crippen LogP contribution in [0.25, 0.3) is 0 Å². The number of thioether (sulfide) groups is 1. The molecule has 27 heavy (non-hydrogen) atoms. The average Bonchev–Trinajstić information content (AvgIpc) is 3.28. The van der Waals surface area contributed by atoms with Crippen LogP contribution in [0.5, 0.6) is 0 Å². The molecule has 0 saturated carbocycles. The summed E-state index contributed by atoms with van der Waals surface area (Å²) in [6.45, 7) is 0.162. The van der Waals surface area contributed by atoms with E-state index >= 15 is 0 Å². The zero-order valence-corrected chi connectivity index (χ0v) is 15.7. The second-order valence-electron chi connectivity index (χ2n) is 6.33. The first-order valence-corrected chi connectivity index (χ1v) is 9.77. The molecule has 1 aromatic heterocycles. The molecule has 0 saturated heterocycles. The van der Waals surface area contributed by atoms with Gasteiger partial charge in [-0.15, -0.1) is 23.4 Å². The molecule has 0 bridgehead atoms. The van der Waals surface area contributed by atoms with Crippen molar-refractivity contribution in [2.45, 2.75) is 23.2 Å². The summed E-state index contributed by atoms with van der Waals surface area (Å²) in [5.41, 5.74) is 1.41. The van der Waals surface area contributed by atoms with E-state index in [4.69, 9.17) is 16.3 Å². The van der Waals surface area contributed by atoms with Gasteiger partial charge in [-0.05, 0) is 24.1 Å². The summed E-state index contributed by atoms with van der Waals surface area (Å²) in [6.07, 6.45) is 4.78. The number of nitrogens with zero attached hydrogens (tertiary/aromatic N) is 1. The normalized spacial score (nSPS) is 23.3. The number of aromatic nitrogens is 1. The van der Waals surface area contributed by atoms with Crippen LogP contribution < -0.4 is 0 Å². The number of alkyl halides is 1. The summed E-state index contributed by atoms with van der Waals surface area (Å²) in [5.74, 6) is -1.32. The fraction of sp³-hybridized carbons (Fsp3) is 0.250. The maximum atomic E-state index is 14.5. The Morgan fingerprint density at radius 1 is 1.30 bits per heavy atom. The van der Waals surface area contributed by atoms with Crippen LogP contribution in [0, 0.1) is 11.6 Å². The molecule has 3 unspecified atom stereocenters. The van der Waals surface area contributed by atoms with Crippen LogP contribution in [0.1, 0.15) is 29.6 Å². The van der Waals surface area contributed by atoms with Crippen LogP contribution in [-0.2, 0) is 4.74 Å². The first-order valence-electron chi connectivity index (χ1n) is 8.45. The van der Waals surface area contributed by atoms with E-state index in [0.717, 1.165) is 11.0 Å². The van der Waals surface area contributed by atoms with Gasteiger partial charge in [-0.3, -0.25) is 4.98 Å². The second-order valence-corrected chi connectivity index (χ2v) is 8.36. The lowest BCUT2D eigenvalue weighted by Crippen LogP contribution is -2.12. The van der Waals surface area contributed by atoms with E-state index in [1.165, 1.54) is 23.9 Å². The first-order chi connectivity index (χ1) is 13.0. The number of allylic oxidation sites excluding steroid dienone is 1. The zero-order chi connectivity index (χ0) is 19.0. The molecule has 3 heterocycles. The van der Waals surface area contributed by atoms with Gasteiger partial charge in [0.2, 0.25) is 0 Å². The van der Waals surface area contributed by atoms with Gasteiger partial charge in [0.1, 0.15) is 23.5 Å². The monoisotopic (exact) mass is 407 g/mol. The third kappa shape index (κ3) is 3.61. The number of hydrogen-bond acceptors (Lipinski definition) is 4. The molecule has 3 nitrogen and oxygen atoms in total. The van der Waals surface area contributed by atoms with Crippen LogP contribution in [0.4, 0.5) is 8.78 Å². The van der Waals surface area contributed by atoms with E-state index in [1.54, 1.807) is 24.5 Å². The molecule has 2 aliphatic rings. The average molecular weight is 408 g/mol. The SMILES string of the molecule is OC(C1=C(C2=CCC(Cl)S2)OCC1c1ccc(F)cc1F)c1cccnc1. The van der Waals surface area contributed by atoms with Crippen LogP contribution >= 0.6 is 23.4 Å². The Hall–Kier alpha value is -1.89. The summed E-state index contributed by atoms with van der Waals surface area (Å²) in [5, 5.41) is 11.1. The van der Waals surface area contributed by atoms with Gasteiger partial charge in [0, 0.05) is 40.4 Å². The lowest BCUT2D eigenvalue weighted by Gasteiger charge is -2.20. The number of aliphatic hydroxyl groups excluding tert-OH is 1. The molecule has 3 atom stereocenters. The van der Waals surface area contributed by atoms with Gasteiger partial charge in [-0.1, -0.05) is 18.2 Å². The smallest absolute Gasteiger partial charge is 0.135 e. The predicted molar refractivity (Wildman–Crippen MR) is 101 cm³/mol. The predicted octanol–water partition coefficient (Wildman–Crippen LogP) is 5.05. The lowest BCUT2D eigenvalue weighted by molar-refractivity contribution is 0.208. The molecule has 1 N–H and O–H groups in total. The lowest BCUT2D eigenvalue weighted by atomic mass is 9.86. The van der Waals surface area contributed by atoms with Crippen molar-refractivity contribution in [1.82, 2.24) is 4.98 Å². The highest BCUT2D eigenvalue weighted by atomic mass is 35.5. The van der Waals surface area contributed by atoms with E-state index in [1.807, 2.05) is 6.08 Å². The first kappa shape index (κ1) is 18.5. The molecule has 0 spiro atoms. The number of pyridine rings is 1. The van der Waals surface area contributed by atoms with Gasteiger partial charge in [0.05, 0.1) is 11.3 Å². The molecule has 140 valence electrons. The number of aliphatic hydroxyl groups is 1. The molecule has 7 heteroatoms. The third-order valence-corrected chi connectivity index (χ3v) is 6.13. The van der Waals surface area contributed by atoms with Crippen molar-refractivity contribution in [3.63, 3.8) is 0 Å². The van der Waals surface area contributed by atoms with Crippen molar-refractivity contribution in [3.05, 3.63) is 87.8 Å². The standard InChI is InChI=1S/C20H16ClF2NO2S/c21-17-6-5-16(27-17)20-18(19(25)11-2-1-7-24-9-11)14(10-26-20)13-4-3-12(22)8-15(13)23/h1-5,7-9,14,17,19,25H,6,10H2. The fourth-order valence-electron chi connectivity index (χ4n) is 3.36. The molecular weight excluding hydrogens is 392 g/mol. The van der Waals surface area contributed by atoms with Crippen molar-refractivity contribution in [2.75, 3.05) is 6.61 Å². The van der Waals surface area contributed by atoms with Gasteiger partial charge in [0.25, 0.3) is 0 Å². The van der Waals surface area contributed by atoms with Gasteiger partial charge < -0.3 is 9.84 Å². The van der Waals surface area contributed by atoms with Crippen LogP contribution in [0.15, 0.2) is 65.0 Å². The van der Waals surface area contributed by atoms with E-state index in [-0.39, 0.29) is 16.9 Å². The highest BCUT2D eigenvalue weighted by molar-refractivity contribution is 8.05. The Morgan fingerprint density at radius 3 is 2.81 bits per heavy atom. The minimum absolute atomic E-state index is 0.102. The van der Waals surface area contributed by atoms with Crippen molar-refractivity contribution in [1.29, 1.82) is 0 Å². The summed E-state index contributed by atoms with van der Waals surface area (Å²) in [4.78, 5) is 4.88. The Labute approximate surface area is 164 Å². The van der Waals surface area contributed by atoms with Crippen LogP contribution in [0.3, 0.4) is 0 Å². The van der Waals surface area contributed by atoms with Crippen molar-refractivity contribution < 1.29 is 18.6 Å². The van der Waals surface area contributed by atoms with Crippen molar-refractivity contribution >= 4 is 23.4 Å². The molecule has 0 fully saturated rings. The summed E-state index contributed by atoms with van der Waals surface area (Å²) in [6, 6.07) is 6.93. The van der Waals surface area contributed by atoms with E-state index in [9.17, 15) is 13.9 Å². The Kier molecular flexibility index (Phi) is 5.21. The minimum atomic E-state index is -1.03. The second kappa shape index (κ2) is 7.62. The Bertz CT molecular complexity index is 919. The van der Waals surface area contributed by atoms with Gasteiger partial charge in [-0.2, -0.15) is 0 Å². The minimum Gasteiger partial charge on any atom is -0.491 e. The molecule has 0 radical (unpaired) electrons. The number of rotatable bonds is 4. The van der Waals surface area contributed by atoms with Crippen LogP contribution in [0.2, 0.25) is 0 Å². The molecule has 0 amide bonds. The molecule has 2 aliphatic heterocycles. The highest BCUT2D eigenvalue weighted by Gasteiger charge is 2.38. The van der Waals surface area contributed by atoms with E-state index in [0.29, 0.717) is 23.3 Å². The van der Waals surface area contributed by atoms with Gasteiger partial charge >= 0.3 is 0 Å². The Morgan fingerprint density at radius 2 is 2.15 bits per heavy atom. The fourth-order valence-corrected chi connectivity index (χ4v) is 4.69. The number of benzene rings is 1. The van der Waals surface area contributed by atoms with Crippen LogP contribution in [-0.4, -0.2) is 21.4 Å². The number of ether oxygens (including phenoxy) is 1. The summed E-state index contributed by atoms with van der Waals surface area (Å²) in [7, 11) is 0. The molecule has 0 aliphatic carbocycles. The van der Waals surface area contributed by atoms with E-state index in [2.05, 4.69) is 4.98 Å². The summed E-state index contributed by atoms with van der Waals surface area (Å²) < 4.78 is 33.6. The molecule has 2 aromatic rings. The summed E-state index contributed by atoms with van der Waals surface area (Å²) >= 11 is 7.63. The van der Waals surface area contributed by atoms with Gasteiger partial charge in [-0.25, -0.2) is 8.78 Å². The number of hydrogen-bond donors (Lipinski definition) is 1. The zero-order valence-electron chi connectivity index (χ0n) is 14.1. The van der Waals surface area contributed by atoms with Crippen molar-refractivity contribution in [2.24, 2.45) is 0 Å². The highest BCUT2D eigenvalue weighted by Crippen LogP contribution is 2.49. The number of halogens is 3. The van der Waals surface area contributed by atoms with Gasteiger partial charge in [0.15, 0.2) is 0 Å². The quantitative estimate of drug-likeness (QED) is 0.720. The Balaban J connectivity index is 1.81.